The van der Waals surface area contributed by atoms with Gasteiger partial charge in [0, 0.05) is 31.0 Å². The summed E-state index contributed by atoms with van der Waals surface area (Å²) in [6.45, 7) is 4.84. The van der Waals surface area contributed by atoms with E-state index >= 15 is 0 Å². The SMILES string of the molecule is CCn1ccnc1CNCc1cccc2c1OCO2. The van der Waals surface area contributed by atoms with Gasteiger partial charge in [0.1, 0.15) is 5.82 Å². The van der Waals surface area contributed by atoms with Gasteiger partial charge in [0.25, 0.3) is 0 Å². The van der Waals surface area contributed by atoms with Crippen molar-refractivity contribution in [1.29, 1.82) is 0 Å². The molecule has 2 heterocycles. The largest absolute Gasteiger partial charge is 0.454 e. The van der Waals surface area contributed by atoms with E-state index in [1.54, 1.807) is 0 Å². The highest BCUT2D eigenvalue weighted by Gasteiger charge is 2.16. The van der Waals surface area contributed by atoms with Crippen LogP contribution >= 0.6 is 0 Å². The third-order valence-corrected chi connectivity index (χ3v) is 3.22. The molecule has 5 nitrogen and oxygen atoms in total. The van der Waals surface area contributed by atoms with E-state index in [0.717, 1.165) is 42.5 Å². The average Bonchev–Trinajstić information content (AvgIpc) is 3.07. The average molecular weight is 259 g/mol. The van der Waals surface area contributed by atoms with Crippen molar-refractivity contribution >= 4 is 0 Å². The van der Waals surface area contributed by atoms with E-state index in [2.05, 4.69) is 21.8 Å². The molecule has 0 aliphatic carbocycles. The second-order valence-electron chi connectivity index (χ2n) is 4.38. The Kier molecular flexibility index (Phi) is 3.37. The molecule has 19 heavy (non-hydrogen) atoms. The fourth-order valence-electron chi connectivity index (χ4n) is 2.23. The van der Waals surface area contributed by atoms with Crippen molar-refractivity contribution in [2.45, 2.75) is 26.6 Å². The van der Waals surface area contributed by atoms with Crippen LogP contribution in [0, 0.1) is 0 Å². The third-order valence-electron chi connectivity index (χ3n) is 3.22. The maximum atomic E-state index is 5.48. The molecule has 2 aromatic rings. The molecular weight excluding hydrogens is 242 g/mol. The Morgan fingerprint density at radius 2 is 2.26 bits per heavy atom. The minimum absolute atomic E-state index is 0.312. The molecule has 0 spiro atoms. The number of hydrogen-bond acceptors (Lipinski definition) is 4. The maximum absolute atomic E-state index is 5.48. The summed E-state index contributed by atoms with van der Waals surface area (Å²) in [6, 6.07) is 5.96. The number of hydrogen-bond donors (Lipinski definition) is 1. The summed E-state index contributed by atoms with van der Waals surface area (Å²) in [4.78, 5) is 4.34. The van der Waals surface area contributed by atoms with Crippen molar-refractivity contribution in [2.75, 3.05) is 6.79 Å². The Bertz CT molecular complexity index is 566. The van der Waals surface area contributed by atoms with Gasteiger partial charge in [-0.05, 0) is 13.0 Å². The minimum atomic E-state index is 0.312. The van der Waals surface area contributed by atoms with Gasteiger partial charge in [-0.3, -0.25) is 0 Å². The van der Waals surface area contributed by atoms with Crippen molar-refractivity contribution in [2.24, 2.45) is 0 Å². The number of rotatable bonds is 5. The van der Waals surface area contributed by atoms with Crippen LogP contribution in [0.1, 0.15) is 18.3 Å². The molecule has 0 saturated carbocycles. The van der Waals surface area contributed by atoms with Crippen molar-refractivity contribution in [3.63, 3.8) is 0 Å². The molecule has 0 fully saturated rings. The normalized spacial score (nSPS) is 12.9. The summed E-state index contributed by atoms with van der Waals surface area (Å²) < 4.78 is 13.0. The first-order valence-electron chi connectivity index (χ1n) is 6.46. The van der Waals surface area contributed by atoms with E-state index in [9.17, 15) is 0 Å². The number of aromatic nitrogens is 2. The maximum Gasteiger partial charge on any atom is 0.231 e. The van der Waals surface area contributed by atoms with E-state index in [1.807, 2.05) is 30.6 Å². The minimum Gasteiger partial charge on any atom is -0.454 e. The van der Waals surface area contributed by atoms with Crippen molar-refractivity contribution in [3.8, 4) is 11.5 Å². The number of nitrogens with zero attached hydrogens (tertiary/aromatic N) is 2. The van der Waals surface area contributed by atoms with Crippen LogP contribution in [0.2, 0.25) is 0 Å². The van der Waals surface area contributed by atoms with Crippen molar-refractivity contribution in [3.05, 3.63) is 42.0 Å². The number of nitrogens with one attached hydrogen (secondary N) is 1. The van der Waals surface area contributed by atoms with Gasteiger partial charge in [0.05, 0.1) is 6.54 Å². The van der Waals surface area contributed by atoms with Crippen LogP contribution in [0.3, 0.4) is 0 Å². The lowest BCUT2D eigenvalue weighted by Gasteiger charge is -2.08. The van der Waals surface area contributed by atoms with Gasteiger partial charge in [-0.25, -0.2) is 4.98 Å². The monoisotopic (exact) mass is 259 g/mol. The van der Waals surface area contributed by atoms with Crippen molar-refractivity contribution in [1.82, 2.24) is 14.9 Å². The molecule has 0 bridgehead atoms. The summed E-state index contributed by atoms with van der Waals surface area (Å²) in [6.07, 6.45) is 3.83. The number of aryl methyl sites for hydroxylation is 1. The zero-order valence-corrected chi connectivity index (χ0v) is 10.9. The summed E-state index contributed by atoms with van der Waals surface area (Å²) in [5, 5.41) is 3.39. The van der Waals surface area contributed by atoms with E-state index < -0.39 is 0 Å². The van der Waals surface area contributed by atoms with Crippen molar-refractivity contribution < 1.29 is 9.47 Å². The molecule has 5 heteroatoms. The lowest BCUT2D eigenvalue weighted by Crippen LogP contribution is -2.16. The molecule has 1 N–H and O–H groups in total. The molecule has 0 unspecified atom stereocenters. The summed E-state index contributed by atoms with van der Waals surface area (Å²) in [5.41, 5.74) is 1.12. The van der Waals surface area contributed by atoms with Crippen LogP contribution in [0.15, 0.2) is 30.6 Å². The van der Waals surface area contributed by atoms with Gasteiger partial charge in [-0.1, -0.05) is 12.1 Å². The number of imidazole rings is 1. The number of fused-ring (bicyclic) bond motifs is 1. The smallest absolute Gasteiger partial charge is 0.231 e. The summed E-state index contributed by atoms with van der Waals surface area (Å²) >= 11 is 0. The lowest BCUT2D eigenvalue weighted by atomic mass is 10.2. The van der Waals surface area contributed by atoms with E-state index in [1.165, 1.54) is 0 Å². The molecule has 0 saturated heterocycles. The van der Waals surface area contributed by atoms with Crippen LogP contribution < -0.4 is 14.8 Å². The Hall–Kier alpha value is -2.01. The number of benzene rings is 1. The predicted octanol–water partition coefficient (Wildman–Crippen LogP) is 1.92. The zero-order chi connectivity index (χ0) is 13.1. The first-order valence-corrected chi connectivity index (χ1v) is 6.46. The Balaban J connectivity index is 1.63. The van der Waals surface area contributed by atoms with Gasteiger partial charge >= 0.3 is 0 Å². The quantitative estimate of drug-likeness (QED) is 0.891. The molecule has 1 aromatic carbocycles. The van der Waals surface area contributed by atoms with E-state index in [0.29, 0.717) is 6.79 Å². The molecule has 1 aromatic heterocycles. The van der Waals surface area contributed by atoms with Gasteiger partial charge in [-0.2, -0.15) is 0 Å². The Morgan fingerprint density at radius 3 is 3.16 bits per heavy atom. The molecule has 3 rings (SSSR count). The zero-order valence-electron chi connectivity index (χ0n) is 10.9. The van der Waals surface area contributed by atoms with E-state index in [-0.39, 0.29) is 0 Å². The molecule has 100 valence electrons. The molecule has 0 radical (unpaired) electrons. The number of ether oxygens (including phenoxy) is 2. The molecule has 1 aliphatic heterocycles. The molecular formula is C14H17N3O2. The van der Waals surface area contributed by atoms with Crippen LogP contribution in [-0.4, -0.2) is 16.3 Å². The van der Waals surface area contributed by atoms with Gasteiger partial charge < -0.3 is 19.4 Å². The van der Waals surface area contributed by atoms with Crippen LogP contribution in [0.5, 0.6) is 11.5 Å². The highest BCUT2D eigenvalue weighted by atomic mass is 16.7. The Labute approximate surface area is 112 Å². The van der Waals surface area contributed by atoms with Gasteiger partial charge in [0.15, 0.2) is 11.5 Å². The van der Waals surface area contributed by atoms with Gasteiger partial charge in [0.2, 0.25) is 6.79 Å². The van der Waals surface area contributed by atoms with Crippen LogP contribution in [0.4, 0.5) is 0 Å². The first kappa shape index (κ1) is 12.0. The fourth-order valence-corrected chi connectivity index (χ4v) is 2.23. The Morgan fingerprint density at radius 1 is 1.32 bits per heavy atom. The van der Waals surface area contributed by atoms with Gasteiger partial charge in [-0.15, -0.1) is 0 Å². The summed E-state index contributed by atoms with van der Waals surface area (Å²) in [5.74, 6) is 2.73. The van der Waals surface area contributed by atoms with Crippen LogP contribution in [-0.2, 0) is 19.6 Å². The standard InChI is InChI=1S/C14H17N3O2/c1-2-17-7-6-16-13(17)9-15-8-11-4-3-5-12-14(11)19-10-18-12/h3-7,15H,2,8-10H2,1H3. The predicted molar refractivity (Wildman–Crippen MR) is 71.0 cm³/mol. The lowest BCUT2D eigenvalue weighted by molar-refractivity contribution is 0.173. The molecule has 0 atom stereocenters. The van der Waals surface area contributed by atoms with Crippen LogP contribution in [0.25, 0.3) is 0 Å². The third kappa shape index (κ3) is 2.42. The fraction of sp³-hybridized carbons (Fsp3) is 0.357. The topological polar surface area (TPSA) is 48.3 Å². The van der Waals surface area contributed by atoms with E-state index in [4.69, 9.17) is 9.47 Å². The second kappa shape index (κ2) is 5.32. The molecule has 1 aliphatic rings. The highest BCUT2D eigenvalue weighted by molar-refractivity contribution is 5.48. The summed E-state index contributed by atoms with van der Waals surface area (Å²) in [7, 11) is 0. The first-order chi connectivity index (χ1) is 9.38. The molecule has 0 amide bonds. The second-order valence-corrected chi connectivity index (χ2v) is 4.38. The highest BCUT2D eigenvalue weighted by Crippen LogP contribution is 2.35. The number of para-hydroxylation sites is 1.